The van der Waals surface area contributed by atoms with Crippen molar-refractivity contribution in [3.63, 3.8) is 0 Å². The molecule has 0 fully saturated rings. The van der Waals surface area contributed by atoms with E-state index in [1.54, 1.807) is 0 Å². The molecule has 0 radical (unpaired) electrons. The smallest absolute Gasteiger partial charge is 0.180 e. The second kappa shape index (κ2) is 36.0. The highest BCUT2D eigenvalue weighted by molar-refractivity contribution is 4.90. The summed E-state index contributed by atoms with van der Waals surface area (Å²) in [6.45, 7) is 17.3. The van der Waals surface area contributed by atoms with Crippen LogP contribution in [0.25, 0.3) is 0 Å². The molecule has 0 aliphatic carbocycles. The van der Waals surface area contributed by atoms with Crippen molar-refractivity contribution in [1.29, 1.82) is 0 Å². The maximum atomic E-state index is 6.29. The lowest BCUT2D eigenvalue weighted by Gasteiger charge is -2.22. The first-order valence-electron chi connectivity index (χ1n) is 18.8. The first-order valence-corrected chi connectivity index (χ1v) is 18.8. The first kappa shape index (κ1) is 44.2. The molecule has 0 heterocycles. The van der Waals surface area contributed by atoms with E-state index in [1.807, 2.05) is 12.2 Å². The summed E-state index contributed by atoms with van der Waals surface area (Å²) in [5.41, 5.74) is 0. The van der Waals surface area contributed by atoms with Crippen LogP contribution in [-0.4, -0.2) is 64.8 Å². The summed E-state index contributed by atoms with van der Waals surface area (Å²) < 4.78 is 42.7. The molecule has 0 aliphatic rings. The topological polar surface area (TPSA) is 64.6 Å². The first-order chi connectivity index (χ1) is 22.1. The molecule has 0 N–H and O–H groups in total. The minimum Gasteiger partial charge on any atom is -0.353 e. The van der Waals surface area contributed by atoms with Crippen molar-refractivity contribution in [2.75, 3.05) is 39.6 Å². The van der Waals surface area contributed by atoms with Crippen LogP contribution in [0.1, 0.15) is 157 Å². The lowest BCUT2D eigenvalue weighted by atomic mass is 10.2. The van der Waals surface area contributed by atoms with Crippen molar-refractivity contribution in [3.8, 4) is 0 Å². The van der Waals surface area contributed by atoms with Crippen LogP contribution in [0.5, 0.6) is 0 Å². The van der Waals surface area contributed by atoms with Crippen LogP contribution in [0, 0.1) is 0 Å². The molecule has 268 valence electrons. The summed E-state index contributed by atoms with van der Waals surface area (Å²) >= 11 is 0. The molecule has 2 atom stereocenters. The van der Waals surface area contributed by atoms with E-state index in [4.69, 9.17) is 33.2 Å². The normalized spacial score (nSPS) is 13.7. The maximum absolute atomic E-state index is 6.29. The SMILES string of the molecule is CCCCCOC(CCC=CC(OCCC)OC(C=CCCC(OCCCCC)OCCCCC)OCCC)OCCCCC. The summed E-state index contributed by atoms with van der Waals surface area (Å²) in [5, 5.41) is 0. The van der Waals surface area contributed by atoms with Gasteiger partial charge in [-0.25, -0.2) is 0 Å². The molecule has 0 aromatic rings. The third-order valence-electron chi connectivity index (χ3n) is 7.17. The van der Waals surface area contributed by atoms with Gasteiger partial charge >= 0.3 is 0 Å². The van der Waals surface area contributed by atoms with E-state index in [0.29, 0.717) is 13.2 Å². The van der Waals surface area contributed by atoms with Gasteiger partial charge in [0.25, 0.3) is 0 Å². The van der Waals surface area contributed by atoms with E-state index < -0.39 is 12.6 Å². The summed E-state index contributed by atoms with van der Waals surface area (Å²) in [6.07, 6.45) is 25.9. The summed E-state index contributed by atoms with van der Waals surface area (Å²) in [5.74, 6) is 0. The number of unbranched alkanes of at least 4 members (excludes halogenated alkanes) is 8. The molecule has 0 amide bonds. The van der Waals surface area contributed by atoms with E-state index in [9.17, 15) is 0 Å². The Labute approximate surface area is 279 Å². The number of ether oxygens (including phenoxy) is 7. The lowest BCUT2D eigenvalue weighted by Crippen LogP contribution is -2.25. The van der Waals surface area contributed by atoms with Crippen molar-refractivity contribution in [1.82, 2.24) is 0 Å². The van der Waals surface area contributed by atoms with Crippen molar-refractivity contribution in [3.05, 3.63) is 24.3 Å². The van der Waals surface area contributed by atoms with Gasteiger partial charge < -0.3 is 33.2 Å². The van der Waals surface area contributed by atoms with Crippen LogP contribution in [0.4, 0.5) is 0 Å². The Kier molecular flexibility index (Phi) is 35.4. The summed E-state index contributed by atoms with van der Waals surface area (Å²) in [7, 11) is 0. The van der Waals surface area contributed by atoms with Crippen molar-refractivity contribution in [2.45, 2.75) is 182 Å². The molecule has 0 saturated heterocycles. The zero-order chi connectivity index (χ0) is 33.1. The van der Waals surface area contributed by atoms with Crippen LogP contribution in [0.2, 0.25) is 0 Å². The molecule has 0 aromatic carbocycles. The van der Waals surface area contributed by atoms with Gasteiger partial charge in [-0.2, -0.15) is 0 Å². The molecule has 0 aromatic heterocycles. The Morgan fingerprint density at radius 1 is 0.378 bits per heavy atom. The second-order valence-corrected chi connectivity index (χ2v) is 11.8. The molecule has 0 bridgehead atoms. The fourth-order valence-electron chi connectivity index (χ4n) is 4.46. The molecule has 7 nitrogen and oxygen atoms in total. The minimum absolute atomic E-state index is 0.169. The largest absolute Gasteiger partial charge is 0.353 e. The molecular formula is C38H74O7. The third kappa shape index (κ3) is 30.3. The molecule has 0 saturated carbocycles. The monoisotopic (exact) mass is 643 g/mol. The molecule has 45 heavy (non-hydrogen) atoms. The van der Waals surface area contributed by atoms with Gasteiger partial charge in [-0.3, -0.25) is 0 Å². The van der Waals surface area contributed by atoms with E-state index in [0.717, 1.165) is 90.6 Å². The van der Waals surface area contributed by atoms with Gasteiger partial charge in [0.05, 0.1) is 0 Å². The van der Waals surface area contributed by atoms with E-state index >= 15 is 0 Å². The van der Waals surface area contributed by atoms with Crippen LogP contribution in [-0.2, 0) is 33.2 Å². The molecular weight excluding hydrogens is 568 g/mol. The fraction of sp³-hybridized carbons (Fsp3) is 0.895. The fourth-order valence-corrected chi connectivity index (χ4v) is 4.46. The number of hydrogen-bond donors (Lipinski definition) is 0. The average Bonchev–Trinajstić information content (AvgIpc) is 3.05. The standard InChI is InChI=1S/C38H74O7/c1-7-13-21-31-41-35(42-32-22-14-8-2)25-17-19-27-37(39-29-11-5)45-38(40-30-12-6)28-20-18-26-36(43-33-23-15-9-3)44-34-24-16-10-4/h19-20,27-28,35-38H,7-18,21-26,29-34H2,1-6H3. The lowest BCUT2D eigenvalue weighted by molar-refractivity contribution is -0.207. The number of allylic oxidation sites excluding steroid dienone is 2. The predicted octanol–water partition coefficient (Wildman–Crippen LogP) is 10.7. The Hall–Kier alpha value is -0.800. The maximum Gasteiger partial charge on any atom is 0.180 e. The third-order valence-corrected chi connectivity index (χ3v) is 7.17. The Balaban J connectivity index is 5.07. The van der Waals surface area contributed by atoms with Gasteiger partial charge in [0.2, 0.25) is 0 Å². The van der Waals surface area contributed by atoms with Gasteiger partial charge in [0.15, 0.2) is 25.2 Å². The van der Waals surface area contributed by atoms with E-state index in [1.165, 1.54) is 51.4 Å². The quantitative estimate of drug-likeness (QED) is 0.0383. The van der Waals surface area contributed by atoms with Crippen molar-refractivity contribution >= 4 is 0 Å². The van der Waals surface area contributed by atoms with E-state index in [2.05, 4.69) is 53.7 Å². The highest BCUT2D eigenvalue weighted by Crippen LogP contribution is 2.14. The molecule has 0 aliphatic heterocycles. The Morgan fingerprint density at radius 2 is 0.711 bits per heavy atom. The van der Waals surface area contributed by atoms with Crippen LogP contribution in [0.15, 0.2) is 24.3 Å². The summed E-state index contributed by atoms with van der Waals surface area (Å²) in [6, 6.07) is 0. The second-order valence-electron chi connectivity index (χ2n) is 11.8. The van der Waals surface area contributed by atoms with Gasteiger partial charge in [-0.15, -0.1) is 0 Å². The zero-order valence-electron chi connectivity index (χ0n) is 30.4. The highest BCUT2D eigenvalue weighted by atomic mass is 16.8. The van der Waals surface area contributed by atoms with Crippen LogP contribution < -0.4 is 0 Å². The van der Waals surface area contributed by atoms with Crippen molar-refractivity contribution in [2.24, 2.45) is 0 Å². The van der Waals surface area contributed by atoms with Crippen molar-refractivity contribution < 1.29 is 33.2 Å². The van der Waals surface area contributed by atoms with Gasteiger partial charge in [-0.1, -0.05) is 105 Å². The molecule has 2 unspecified atom stereocenters. The van der Waals surface area contributed by atoms with Gasteiger partial charge in [0.1, 0.15) is 0 Å². The Bertz CT molecular complexity index is 551. The number of hydrogen-bond acceptors (Lipinski definition) is 7. The van der Waals surface area contributed by atoms with Crippen LogP contribution >= 0.6 is 0 Å². The molecule has 0 rings (SSSR count). The summed E-state index contributed by atoms with van der Waals surface area (Å²) in [4.78, 5) is 0. The predicted molar refractivity (Wildman–Crippen MR) is 187 cm³/mol. The average molecular weight is 643 g/mol. The number of rotatable bonds is 36. The van der Waals surface area contributed by atoms with Crippen LogP contribution in [0.3, 0.4) is 0 Å². The minimum atomic E-state index is -0.484. The zero-order valence-corrected chi connectivity index (χ0v) is 30.4. The highest BCUT2D eigenvalue weighted by Gasteiger charge is 2.15. The molecule has 7 heteroatoms. The van der Waals surface area contributed by atoms with Gasteiger partial charge in [-0.05, 0) is 63.5 Å². The molecule has 0 spiro atoms. The Morgan fingerprint density at radius 3 is 1.00 bits per heavy atom. The van der Waals surface area contributed by atoms with E-state index in [-0.39, 0.29) is 12.6 Å². The van der Waals surface area contributed by atoms with Gasteiger partial charge in [0, 0.05) is 52.5 Å².